The lowest BCUT2D eigenvalue weighted by Gasteiger charge is -2.61. The summed E-state index contributed by atoms with van der Waals surface area (Å²) in [6, 6.07) is 1.74. The van der Waals surface area contributed by atoms with Crippen LogP contribution in [0.3, 0.4) is 0 Å². The highest BCUT2D eigenvalue weighted by atomic mass is 16.5. The van der Waals surface area contributed by atoms with E-state index in [-0.39, 0.29) is 5.91 Å². The maximum absolute atomic E-state index is 12.5. The second-order valence-electron chi connectivity index (χ2n) is 8.07. The summed E-state index contributed by atoms with van der Waals surface area (Å²) in [4.78, 5) is 12.5. The van der Waals surface area contributed by atoms with Crippen LogP contribution in [-0.2, 0) is 9.53 Å². The standard InChI is InChI=1S/C18H30N2O2/c1-2-22-16-11-15(18(16)6-3-7-18)20-17(21)10-12-8-13-4-5-14(9-12)19-13/h12-16,19H,2-11H2,1H3,(H,20,21). The molecule has 4 fully saturated rings. The van der Waals surface area contributed by atoms with Crippen molar-refractivity contribution in [3.63, 3.8) is 0 Å². The first-order chi connectivity index (χ1) is 10.7. The van der Waals surface area contributed by atoms with Gasteiger partial charge in [0.2, 0.25) is 5.91 Å². The summed E-state index contributed by atoms with van der Waals surface area (Å²) in [5.41, 5.74) is 0.290. The number of carbonyl (C=O) groups is 1. The monoisotopic (exact) mass is 306 g/mol. The van der Waals surface area contributed by atoms with Gasteiger partial charge >= 0.3 is 0 Å². The van der Waals surface area contributed by atoms with Crippen LogP contribution in [-0.4, -0.2) is 36.7 Å². The van der Waals surface area contributed by atoms with Gasteiger partial charge in [0.15, 0.2) is 0 Å². The number of piperidine rings is 1. The molecule has 2 heterocycles. The van der Waals surface area contributed by atoms with Gasteiger partial charge in [-0.25, -0.2) is 0 Å². The predicted molar refractivity (Wildman–Crippen MR) is 85.5 cm³/mol. The number of amides is 1. The largest absolute Gasteiger partial charge is 0.378 e. The highest BCUT2D eigenvalue weighted by molar-refractivity contribution is 5.77. The summed E-state index contributed by atoms with van der Waals surface area (Å²) in [7, 11) is 0. The number of fused-ring (bicyclic) bond motifs is 2. The Kier molecular flexibility index (Phi) is 3.93. The van der Waals surface area contributed by atoms with Crippen molar-refractivity contribution in [1.82, 2.24) is 10.6 Å². The van der Waals surface area contributed by atoms with Crippen molar-refractivity contribution in [3.8, 4) is 0 Å². The van der Waals surface area contributed by atoms with E-state index in [2.05, 4.69) is 17.6 Å². The zero-order chi connectivity index (χ0) is 15.2. The van der Waals surface area contributed by atoms with Gasteiger partial charge in [-0.3, -0.25) is 4.79 Å². The van der Waals surface area contributed by atoms with E-state index in [9.17, 15) is 4.79 Å². The fraction of sp³-hybridized carbons (Fsp3) is 0.944. The molecule has 2 aliphatic carbocycles. The number of ether oxygens (including phenoxy) is 1. The van der Waals surface area contributed by atoms with Gasteiger partial charge in [-0.2, -0.15) is 0 Å². The molecule has 2 bridgehead atoms. The summed E-state index contributed by atoms with van der Waals surface area (Å²) in [6.07, 6.45) is 10.9. The minimum absolute atomic E-state index is 0.289. The normalized spacial score (nSPS) is 41.8. The van der Waals surface area contributed by atoms with E-state index in [0.717, 1.165) is 19.4 Å². The number of rotatable bonds is 5. The van der Waals surface area contributed by atoms with Crippen LogP contribution >= 0.6 is 0 Å². The third-order valence-corrected chi connectivity index (χ3v) is 6.82. The van der Waals surface area contributed by atoms with Gasteiger partial charge in [-0.15, -0.1) is 0 Å². The fourth-order valence-corrected chi connectivity index (χ4v) is 5.50. The molecule has 2 N–H and O–H groups in total. The maximum atomic E-state index is 12.5. The molecule has 0 aromatic carbocycles. The van der Waals surface area contributed by atoms with Crippen molar-refractivity contribution < 1.29 is 9.53 Å². The molecule has 0 radical (unpaired) electrons. The van der Waals surface area contributed by atoms with E-state index in [4.69, 9.17) is 4.74 Å². The quantitative estimate of drug-likeness (QED) is 0.820. The van der Waals surface area contributed by atoms with Gasteiger partial charge in [0.05, 0.1) is 6.10 Å². The molecule has 2 aliphatic heterocycles. The van der Waals surface area contributed by atoms with E-state index in [1.807, 2.05) is 0 Å². The molecule has 2 saturated heterocycles. The molecule has 4 unspecified atom stereocenters. The minimum Gasteiger partial charge on any atom is -0.378 e. The Morgan fingerprint density at radius 3 is 2.55 bits per heavy atom. The highest BCUT2D eigenvalue weighted by Crippen LogP contribution is 2.57. The molecule has 4 nitrogen and oxygen atoms in total. The molecule has 4 heteroatoms. The second-order valence-corrected chi connectivity index (χ2v) is 8.07. The Hall–Kier alpha value is -0.610. The van der Waals surface area contributed by atoms with Gasteiger partial charge in [0.25, 0.3) is 0 Å². The number of hydrogen-bond donors (Lipinski definition) is 2. The molecule has 0 aromatic heterocycles. The molecule has 2 saturated carbocycles. The number of nitrogens with one attached hydrogen (secondary N) is 2. The topological polar surface area (TPSA) is 50.4 Å². The Balaban J connectivity index is 1.28. The highest BCUT2D eigenvalue weighted by Gasteiger charge is 2.59. The van der Waals surface area contributed by atoms with Crippen LogP contribution in [0.2, 0.25) is 0 Å². The lowest BCUT2D eigenvalue weighted by atomic mass is 9.51. The van der Waals surface area contributed by atoms with Gasteiger partial charge < -0.3 is 15.4 Å². The summed E-state index contributed by atoms with van der Waals surface area (Å²) in [5, 5.41) is 7.02. The predicted octanol–water partition coefficient (Wildman–Crippen LogP) is 2.37. The minimum atomic E-state index is 0.289. The van der Waals surface area contributed by atoms with E-state index < -0.39 is 0 Å². The molecule has 1 amide bonds. The van der Waals surface area contributed by atoms with Gasteiger partial charge in [-0.1, -0.05) is 6.42 Å². The first-order valence-corrected chi connectivity index (χ1v) is 9.36. The van der Waals surface area contributed by atoms with Crippen molar-refractivity contribution in [3.05, 3.63) is 0 Å². The van der Waals surface area contributed by atoms with Crippen LogP contribution in [0.4, 0.5) is 0 Å². The lowest BCUT2D eigenvalue weighted by Crippen LogP contribution is -2.67. The molecule has 4 rings (SSSR count). The molecule has 124 valence electrons. The maximum Gasteiger partial charge on any atom is 0.220 e. The molecule has 22 heavy (non-hydrogen) atoms. The number of carbonyl (C=O) groups excluding carboxylic acids is 1. The van der Waals surface area contributed by atoms with Crippen LogP contribution < -0.4 is 10.6 Å². The van der Waals surface area contributed by atoms with Crippen LogP contribution in [0, 0.1) is 11.3 Å². The summed E-state index contributed by atoms with van der Waals surface area (Å²) < 4.78 is 5.87. The summed E-state index contributed by atoms with van der Waals surface area (Å²) in [6.45, 7) is 2.87. The molecular weight excluding hydrogens is 276 g/mol. The average Bonchev–Trinajstić information content (AvgIpc) is 2.75. The molecule has 1 spiro atoms. The Bertz CT molecular complexity index is 423. The summed E-state index contributed by atoms with van der Waals surface area (Å²) >= 11 is 0. The van der Waals surface area contributed by atoms with Crippen LogP contribution in [0.25, 0.3) is 0 Å². The van der Waals surface area contributed by atoms with Crippen molar-refractivity contribution in [2.24, 2.45) is 11.3 Å². The second kappa shape index (κ2) is 5.79. The zero-order valence-corrected chi connectivity index (χ0v) is 13.8. The fourth-order valence-electron chi connectivity index (χ4n) is 5.50. The van der Waals surface area contributed by atoms with E-state index in [0.29, 0.717) is 35.6 Å². The van der Waals surface area contributed by atoms with Gasteiger partial charge in [0, 0.05) is 36.6 Å². The Morgan fingerprint density at radius 1 is 1.23 bits per heavy atom. The van der Waals surface area contributed by atoms with Crippen LogP contribution in [0.1, 0.15) is 64.7 Å². The van der Waals surface area contributed by atoms with Crippen molar-refractivity contribution in [2.75, 3.05) is 6.61 Å². The van der Waals surface area contributed by atoms with E-state index >= 15 is 0 Å². The number of hydrogen-bond acceptors (Lipinski definition) is 3. The third-order valence-electron chi connectivity index (χ3n) is 6.82. The lowest BCUT2D eigenvalue weighted by molar-refractivity contribution is -0.176. The van der Waals surface area contributed by atoms with Crippen molar-refractivity contribution >= 4 is 5.91 Å². The van der Waals surface area contributed by atoms with Gasteiger partial charge in [-0.05, 0) is 57.8 Å². The smallest absolute Gasteiger partial charge is 0.220 e. The zero-order valence-electron chi connectivity index (χ0n) is 13.8. The SMILES string of the molecule is CCOC1CC(NC(=O)CC2CC3CCC(C2)N3)C12CCC2. The van der Waals surface area contributed by atoms with Crippen molar-refractivity contribution in [2.45, 2.75) is 88.9 Å². The van der Waals surface area contributed by atoms with Gasteiger partial charge in [0.1, 0.15) is 0 Å². The Morgan fingerprint density at radius 2 is 1.95 bits per heavy atom. The Labute approximate surface area is 133 Å². The molecular formula is C18H30N2O2. The van der Waals surface area contributed by atoms with E-state index in [1.165, 1.54) is 44.9 Å². The molecule has 0 aromatic rings. The van der Waals surface area contributed by atoms with Crippen LogP contribution in [0.15, 0.2) is 0 Å². The summed E-state index contributed by atoms with van der Waals surface area (Å²) in [5.74, 6) is 0.886. The average molecular weight is 306 g/mol. The molecule has 4 aliphatic rings. The molecule has 4 atom stereocenters. The van der Waals surface area contributed by atoms with Crippen molar-refractivity contribution in [1.29, 1.82) is 0 Å². The van der Waals surface area contributed by atoms with Crippen LogP contribution in [0.5, 0.6) is 0 Å². The van der Waals surface area contributed by atoms with E-state index in [1.54, 1.807) is 0 Å². The first kappa shape index (κ1) is 14.9. The first-order valence-electron chi connectivity index (χ1n) is 9.36. The third kappa shape index (κ3) is 2.48.